The number of likely N-dealkylation sites (tertiary alicyclic amines) is 1. The molecule has 2 heterocycles. The summed E-state index contributed by atoms with van der Waals surface area (Å²) >= 11 is 0. The Morgan fingerprint density at radius 3 is 2.40 bits per heavy atom. The number of rotatable bonds is 7. The number of sulfonamides is 1. The van der Waals surface area contributed by atoms with Crippen LogP contribution >= 0.6 is 0 Å². The molecule has 1 aliphatic rings. The van der Waals surface area contributed by atoms with E-state index in [9.17, 15) is 13.2 Å². The quantitative estimate of drug-likeness (QED) is 0.816. The SMILES string of the molecule is O=C1CCCN1CCc1ccc(S(=O)(=O)NCc2ccncc2)cc1. The number of aromatic nitrogens is 1. The molecular weight excluding hydrogens is 338 g/mol. The maximum absolute atomic E-state index is 12.3. The number of benzene rings is 1. The molecule has 6 nitrogen and oxygen atoms in total. The van der Waals surface area contributed by atoms with Crippen molar-refractivity contribution >= 4 is 15.9 Å². The Morgan fingerprint density at radius 2 is 1.76 bits per heavy atom. The number of nitrogens with zero attached hydrogens (tertiary/aromatic N) is 2. The molecule has 1 fully saturated rings. The van der Waals surface area contributed by atoms with Crippen LogP contribution in [-0.2, 0) is 27.8 Å². The van der Waals surface area contributed by atoms with Crippen LogP contribution in [0.1, 0.15) is 24.0 Å². The van der Waals surface area contributed by atoms with E-state index >= 15 is 0 Å². The van der Waals surface area contributed by atoms with Crippen molar-refractivity contribution < 1.29 is 13.2 Å². The van der Waals surface area contributed by atoms with Gasteiger partial charge in [0.1, 0.15) is 0 Å². The van der Waals surface area contributed by atoms with E-state index in [4.69, 9.17) is 0 Å². The molecule has 132 valence electrons. The highest BCUT2D eigenvalue weighted by atomic mass is 32.2. The van der Waals surface area contributed by atoms with Gasteiger partial charge in [0, 0.05) is 38.4 Å². The molecule has 2 aromatic rings. The lowest BCUT2D eigenvalue weighted by molar-refractivity contribution is -0.127. The third-order valence-corrected chi connectivity index (χ3v) is 5.71. The Bertz CT molecular complexity index is 820. The standard InChI is InChI=1S/C18H21N3O3S/c22-18-2-1-12-21(18)13-9-15-3-5-17(6-4-15)25(23,24)20-14-16-7-10-19-11-8-16/h3-8,10-11,20H,1-2,9,12-14H2. The molecule has 0 saturated carbocycles. The molecule has 25 heavy (non-hydrogen) atoms. The minimum Gasteiger partial charge on any atom is -0.342 e. The molecule has 7 heteroatoms. The molecule has 0 unspecified atom stereocenters. The fourth-order valence-electron chi connectivity index (χ4n) is 2.80. The van der Waals surface area contributed by atoms with Gasteiger partial charge in [-0.3, -0.25) is 9.78 Å². The number of hydrogen-bond donors (Lipinski definition) is 1. The van der Waals surface area contributed by atoms with Crippen LogP contribution in [0.3, 0.4) is 0 Å². The molecular formula is C18H21N3O3S. The summed E-state index contributed by atoms with van der Waals surface area (Å²) in [5.74, 6) is 0.208. The third-order valence-electron chi connectivity index (χ3n) is 4.29. The predicted octanol–water partition coefficient (Wildman–Crippen LogP) is 1.72. The molecule has 1 N–H and O–H groups in total. The first-order valence-corrected chi connectivity index (χ1v) is 9.78. The fourth-order valence-corrected chi connectivity index (χ4v) is 3.82. The van der Waals surface area contributed by atoms with Gasteiger partial charge in [-0.25, -0.2) is 13.1 Å². The molecule has 0 bridgehead atoms. The van der Waals surface area contributed by atoms with Gasteiger partial charge < -0.3 is 4.90 Å². The number of nitrogens with one attached hydrogen (secondary N) is 1. The summed E-state index contributed by atoms with van der Waals surface area (Å²) in [6, 6.07) is 10.4. The van der Waals surface area contributed by atoms with E-state index in [1.54, 1.807) is 36.7 Å². The monoisotopic (exact) mass is 359 g/mol. The smallest absolute Gasteiger partial charge is 0.240 e. The van der Waals surface area contributed by atoms with Crippen LogP contribution in [0, 0.1) is 0 Å². The zero-order valence-electron chi connectivity index (χ0n) is 13.9. The van der Waals surface area contributed by atoms with Crippen LogP contribution in [-0.4, -0.2) is 37.3 Å². The van der Waals surface area contributed by atoms with Crippen molar-refractivity contribution in [2.75, 3.05) is 13.1 Å². The van der Waals surface area contributed by atoms with Crippen LogP contribution in [0.2, 0.25) is 0 Å². The molecule has 1 aliphatic heterocycles. The second-order valence-corrected chi connectivity index (χ2v) is 7.83. The fraction of sp³-hybridized carbons (Fsp3) is 0.333. The maximum atomic E-state index is 12.3. The molecule has 0 aliphatic carbocycles. The van der Waals surface area contributed by atoms with Gasteiger partial charge in [0.2, 0.25) is 15.9 Å². The topological polar surface area (TPSA) is 79.4 Å². The lowest BCUT2D eigenvalue weighted by atomic mass is 10.1. The molecule has 0 atom stereocenters. The van der Waals surface area contributed by atoms with Crippen molar-refractivity contribution in [1.29, 1.82) is 0 Å². The Hall–Kier alpha value is -2.25. The normalized spacial score (nSPS) is 14.9. The van der Waals surface area contributed by atoms with Crippen molar-refractivity contribution in [3.8, 4) is 0 Å². The summed E-state index contributed by atoms with van der Waals surface area (Å²) in [5, 5.41) is 0. The van der Waals surface area contributed by atoms with Gasteiger partial charge in [0.15, 0.2) is 0 Å². The molecule has 1 saturated heterocycles. The maximum Gasteiger partial charge on any atom is 0.240 e. The van der Waals surface area contributed by atoms with Gasteiger partial charge in [-0.1, -0.05) is 12.1 Å². The summed E-state index contributed by atoms with van der Waals surface area (Å²) < 4.78 is 27.3. The van der Waals surface area contributed by atoms with Crippen molar-refractivity contribution in [3.05, 3.63) is 59.9 Å². The highest BCUT2D eigenvalue weighted by Gasteiger charge is 2.19. The van der Waals surface area contributed by atoms with Gasteiger partial charge in [-0.2, -0.15) is 0 Å². The zero-order chi connectivity index (χ0) is 17.7. The predicted molar refractivity (Wildman–Crippen MR) is 94.2 cm³/mol. The van der Waals surface area contributed by atoms with Gasteiger partial charge in [-0.05, 0) is 48.2 Å². The second-order valence-electron chi connectivity index (χ2n) is 6.06. The lowest BCUT2D eigenvalue weighted by Gasteiger charge is -2.15. The molecule has 0 spiro atoms. The number of hydrogen-bond acceptors (Lipinski definition) is 4. The number of carbonyl (C=O) groups excluding carboxylic acids is 1. The molecule has 1 aromatic heterocycles. The summed E-state index contributed by atoms with van der Waals surface area (Å²) in [7, 11) is -3.55. The van der Waals surface area contributed by atoms with E-state index in [0.717, 1.165) is 30.5 Å². The average molecular weight is 359 g/mol. The van der Waals surface area contributed by atoms with E-state index < -0.39 is 10.0 Å². The van der Waals surface area contributed by atoms with Gasteiger partial charge in [-0.15, -0.1) is 0 Å². The van der Waals surface area contributed by atoms with Crippen molar-refractivity contribution in [3.63, 3.8) is 0 Å². The highest BCUT2D eigenvalue weighted by molar-refractivity contribution is 7.89. The molecule has 0 radical (unpaired) electrons. The number of amides is 1. The van der Waals surface area contributed by atoms with E-state index in [1.165, 1.54) is 0 Å². The van der Waals surface area contributed by atoms with Crippen LogP contribution in [0.15, 0.2) is 53.7 Å². The van der Waals surface area contributed by atoms with Crippen LogP contribution in [0.25, 0.3) is 0 Å². The third kappa shape index (κ3) is 4.64. The first kappa shape index (κ1) is 17.6. The molecule has 1 aromatic carbocycles. The Balaban J connectivity index is 1.57. The zero-order valence-corrected chi connectivity index (χ0v) is 14.7. The van der Waals surface area contributed by atoms with Crippen molar-refractivity contribution in [2.45, 2.75) is 30.7 Å². The average Bonchev–Trinajstić information content (AvgIpc) is 3.04. The van der Waals surface area contributed by atoms with E-state index in [-0.39, 0.29) is 17.3 Å². The Morgan fingerprint density at radius 1 is 1.04 bits per heavy atom. The van der Waals surface area contributed by atoms with Crippen LogP contribution in [0.5, 0.6) is 0 Å². The second kappa shape index (κ2) is 7.76. The van der Waals surface area contributed by atoms with Gasteiger partial charge in [0.25, 0.3) is 0 Å². The number of carbonyl (C=O) groups is 1. The minimum absolute atomic E-state index is 0.208. The van der Waals surface area contributed by atoms with Gasteiger partial charge in [0.05, 0.1) is 4.90 Å². The molecule has 1 amide bonds. The first-order chi connectivity index (χ1) is 12.0. The van der Waals surface area contributed by atoms with E-state index in [0.29, 0.717) is 13.0 Å². The highest BCUT2D eigenvalue weighted by Crippen LogP contribution is 2.14. The summed E-state index contributed by atoms with van der Waals surface area (Å²) in [4.78, 5) is 17.6. The lowest BCUT2D eigenvalue weighted by Crippen LogP contribution is -2.27. The molecule has 3 rings (SSSR count). The van der Waals surface area contributed by atoms with Crippen molar-refractivity contribution in [2.24, 2.45) is 0 Å². The number of pyridine rings is 1. The Labute approximate surface area is 147 Å². The largest absolute Gasteiger partial charge is 0.342 e. The van der Waals surface area contributed by atoms with Gasteiger partial charge >= 0.3 is 0 Å². The van der Waals surface area contributed by atoms with Crippen molar-refractivity contribution in [1.82, 2.24) is 14.6 Å². The summed E-state index contributed by atoms with van der Waals surface area (Å²) in [5.41, 5.74) is 1.87. The van der Waals surface area contributed by atoms with Crippen LogP contribution in [0.4, 0.5) is 0 Å². The van der Waals surface area contributed by atoms with E-state index in [1.807, 2.05) is 17.0 Å². The summed E-state index contributed by atoms with van der Waals surface area (Å²) in [6.45, 7) is 1.74. The first-order valence-electron chi connectivity index (χ1n) is 8.30. The Kier molecular flexibility index (Phi) is 5.45. The summed E-state index contributed by atoms with van der Waals surface area (Å²) in [6.07, 6.45) is 5.56. The van der Waals surface area contributed by atoms with Crippen LogP contribution < -0.4 is 4.72 Å². The van der Waals surface area contributed by atoms with E-state index in [2.05, 4.69) is 9.71 Å². The minimum atomic E-state index is -3.55.